The van der Waals surface area contributed by atoms with E-state index >= 15 is 0 Å². The van der Waals surface area contributed by atoms with Crippen LogP contribution in [0.3, 0.4) is 0 Å². The Hall–Kier alpha value is -3.13. The van der Waals surface area contributed by atoms with Crippen molar-refractivity contribution in [3.05, 3.63) is 51.9 Å². The summed E-state index contributed by atoms with van der Waals surface area (Å²) >= 11 is 0.986. The first-order chi connectivity index (χ1) is 14.6. The molecule has 1 heterocycles. The fourth-order valence-electron chi connectivity index (χ4n) is 2.61. The van der Waals surface area contributed by atoms with Gasteiger partial charge in [-0.15, -0.1) is 11.3 Å². The lowest BCUT2D eigenvalue weighted by molar-refractivity contribution is -0.111. The molecule has 0 aliphatic carbocycles. The highest BCUT2D eigenvalue weighted by Crippen LogP contribution is 2.35. The fraction of sp³-hybridized carbons (Fsp3) is 0.348. The molecule has 31 heavy (non-hydrogen) atoms. The topological polar surface area (TPSA) is 90.9 Å². The zero-order chi connectivity index (χ0) is 23.2. The SMILES string of the molecule is CCOC(=O)c1c(NC(=O)/C=C/c2ccc(OC)cc2)sc(C(=O)OC(C)(C)C)c1C. The molecule has 0 spiro atoms. The summed E-state index contributed by atoms with van der Waals surface area (Å²) in [6.07, 6.45) is 2.98. The number of benzene rings is 1. The lowest BCUT2D eigenvalue weighted by Gasteiger charge is -2.19. The Labute approximate surface area is 186 Å². The van der Waals surface area contributed by atoms with E-state index in [0.717, 1.165) is 16.9 Å². The second kappa shape index (κ2) is 10.3. The minimum Gasteiger partial charge on any atom is -0.497 e. The van der Waals surface area contributed by atoms with Gasteiger partial charge in [0.25, 0.3) is 0 Å². The molecular formula is C23H27NO6S. The van der Waals surface area contributed by atoms with Gasteiger partial charge in [-0.05, 0) is 64.0 Å². The Morgan fingerprint density at radius 2 is 1.74 bits per heavy atom. The number of anilines is 1. The van der Waals surface area contributed by atoms with Crippen LogP contribution in [-0.2, 0) is 14.3 Å². The maximum Gasteiger partial charge on any atom is 0.349 e. The van der Waals surface area contributed by atoms with Gasteiger partial charge in [0.15, 0.2) is 0 Å². The Kier molecular flexibility index (Phi) is 7.99. The first-order valence-electron chi connectivity index (χ1n) is 9.72. The third-order valence-corrected chi connectivity index (χ3v) is 5.18. The molecule has 0 aliphatic heterocycles. The zero-order valence-corrected chi connectivity index (χ0v) is 19.3. The van der Waals surface area contributed by atoms with Crippen LogP contribution < -0.4 is 10.1 Å². The molecule has 7 nitrogen and oxygen atoms in total. The number of carbonyl (C=O) groups excluding carboxylic acids is 3. The third-order valence-electron chi connectivity index (χ3n) is 3.99. The van der Waals surface area contributed by atoms with Crippen molar-refractivity contribution >= 4 is 40.3 Å². The fourth-order valence-corrected chi connectivity index (χ4v) is 3.68. The number of rotatable bonds is 7. The first kappa shape index (κ1) is 24.1. The van der Waals surface area contributed by atoms with Crippen molar-refractivity contribution in [1.29, 1.82) is 0 Å². The molecule has 0 saturated heterocycles. The molecule has 2 aromatic rings. The van der Waals surface area contributed by atoms with Crippen LogP contribution in [0, 0.1) is 6.92 Å². The van der Waals surface area contributed by atoms with Crippen LogP contribution in [0.4, 0.5) is 5.00 Å². The molecule has 0 unspecified atom stereocenters. The van der Waals surface area contributed by atoms with E-state index in [1.807, 2.05) is 12.1 Å². The number of nitrogens with one attached hydrogen (secondary N) is 1. The van der Waals surface area contributed by atoms with Crippen LogP contribution in [-0.4, -0.2) is 37.2 Å². The van der Waals surface area contributed by atoms with Crippen LogP contribution in [0.2, 0.25) is 0 Å². The Morgan fingerprint density at radius 3 is 2.29 bits per heavy atom. The lowest BCUT2D eigenvalue weighted by atomic mass is 10.1. The number of esters is 2. The minimum atomic E-state index is -0.692. The van der Waals surface area contributed by atoms with E-state index < -0.39 is 23.4 Å². The number of carbonyl (C=O) groups is 3. The summed E-state index contributed by atoms with van der Waals surface area (Å²) in [7, 11) is 1.58. The van der Waals surface area contributed by atoms with E-state index in [0.29, 0.717) is 11.3 Å². The second-order valence-electron chi connectivity index (χ2n) is 7.58. The number of thiophene rings is 1. The lowest BCUT2D eigenvalue weighted by Crippen LogP contribution is -2.23. The highest BCUT2D eigenvalue weighted by atomic mass is 32.1. The highest BCUT2D eigenvalue weighted by Gasteiger charge is 2.29. The molecule has 166 valence electrons. The monoisotopic (exact) mass is 445 g/mol. The normalized spacial score (nSPS) is 11.3. The van der Waals surface area contributed by atoms with Gasteiger partial charge in [-0.3, -0.25) is 4.79 Å². The van der Waals surface area contributed by atoms with E-state index in [4.69, 9.17) is 14.2 Å². The van der Waals surface area contributed by atoms with Gasteiger partial charge in [-0.25, -0.2) is 9.59 Å². The van der Waals surface area contributed by atoms with Crippen LogP contribution in [0.25, 0.3) is 6.08 Å². The molecule has 1 aromatic heterocycles. The van der Waals surface area contributed by atoms with Gasteiger partial charge in [0.2, 0.25) is 5.91 Å². The maximum absolute atomic E-state index is 12.6. The average molecular weight is 446 g/mol. The molecule has 1 N–H and O–H groups in total. The summed E-state index contributed by atoms with van der Waals surface area (Å²) in [5, 5.41) is 2.92. The summed E-state index contributed by atoms with van der Waals surface area (Å²) in [4.78, 5) is 37.8. The van der Waals surface area contributed by atoms with E-state index in [1.54, 1.807) is 59.9 Å². The summed E-state index contributed by atoms with van der Waals surface area (Å²) in [5.74, 6) is -0.905. The number of methoxy groups -OCH3 is 1. The Morgan fingerprint density at radius 1 is 1.10 bits per heavy atom. The van der Waals surface area contributed by atoms with Gasteiger partial charge < -0.3 is 19.5 Å². The number of hydrogen-bond acceptors (Lipinski definition) is 7. The minimum absolute atomic E-state index is 0.152. The van der Waals surface area contributed by atoms with Crippen molar-refractivity contribution < 1.29 is 28.6 Å². The van der Waals surface area contributed by atoms with Crippen LogP contribution >= 0.6 is 11.3 Å². The maximum atomic E-state index is 12.6. The summed E-state index contributed by atoms with van der Waals surface area (Å²) in [5.41, 5.74) is 0.673. The molecule has 0 aliphatic rings. The van der Waals surface area contributed by atoms with Crippen LogP contribution in [0.1, 0.15) is 58.9 Å². The van der Waals surface area contributed by atoms with Crippen molar-refractivity contribution in [2.45, 2.75) is 40.2 Å². The second-order valence-corrected chi connectivity index (χ2v) is 8.60. The molecular weight excluding hydrogens is 418 g/mol. The zero-order valence-electron chi connectivity index (χ0n) is 18.5. The van der Waals surface area contributed by atoms with Crippen molar-refractivity contribution in [1.82, 2.24) is 0 Å². The summed E-state index contributed by atoms with van der Waals surface area (Å²) < 4.78 is 15.6. The van der Waals surface area contributed by atoms with Gasteiger partial charge in [0.05, 0.1) is 19.3 Å². The van der Waals surface area contributed by atoms with Crippen molar-refractivity contribution in [2.24, 2.45) is 0 Å². The third kappa shape index (κ3) is 6.68. The molecule has 1 amide bonds. The van der Waals surface area contributed by atoms with Gasteiger partial charge >= 0.3 is 11.9 Å². The molecule has 0 atom stereocenters. The predicted molar refractivity (Wildman–Crippen MR) is 121 cm³/mol. The molecule has 0 bridgehead atoms. The molecule has 0 radical (unpaired) electrons. The average Bonchev–Trinajstić information content (AvgIpc) is 3.01. The predicted octanol–water partition coefficient (Wildman–Crippen LogP) is 4.85. The number of ether oxygens (including phenoxy) is 3. The standard InChI is InChI=1S/C23H27NO6S/c1-7-29-21(26)18-14(2)19(22(27)30-23(3,4)5)31-20(18)24-17(25)13-10-15-8-11-16(28-6)12-9-15/h8-13H,7H2,1-6H3,(H,24,25)/b13-10+. The largest absolute Gasteiger partial charge is 0.497 e. The van der Waals surface area contributed by atoms with Crippen LogP contribution in [0.15, 0.2) is 30.3 Å². The molecule has 0 saturated carbocycles. The summed E-state index contributed by atoms with van der Waals surface area (Å²) in [6, 6.07) is 7.18. The van der Waals surface area contributed by atoms with Crippen molar-refractivity contribution in [3.63, 3.8) is 0 Å². The van der Waals surface area contributed by atoms with Gasteiger partial charge in [-0.2, -0.15) is 0 Å². The summed E-state index contributed by atoms with van der Waals surface area (Å²) in [6.45, 7) is 8.75. The van der Waals surface area contributed by atoms with Crippen LogP contribution in [0.5, 0.6) is 5.75 Å². The molecule has 1 aromatic carbocycles. The van der Waals surface area contributed by atoms with E-state index in [9.17, 15) is 14.4 Å². The van der Waals surface area contributed by atoms with E-state index in [1.165, 1.54) is 6.08 Å². The highest BCUT2D eigenvalue weighted by molar-refractivity contribution is 7.18. The molecule has 8 heteroatoms. The number of amides is 1. The van der Waals surface area contributed by atoms with E-state index in [-0.39, 0.29) is 22.0 Å². The van der Waals surface area contributed by atoms with Crippen molar-refractivity contribution in [2.75, 3.05) is 19.0 Å². The van der Waals surface area contributed by atoms with Gasteiger partial charge in [0.1, 0.15) is 21.2 Å². The van der Waals surface area contributed by atoms with Crippen molar-refractivity contribution in [3.8, 4) is 5.75 Å². The first-order valence-corrected chi connectivity index (χ1v) is 10.5. The Bertz CT molecular complexity index is 983. The molecule has 2 rings (SSSR count). The molecule has 0 fully saturated rings. The number of hydrogen-bond donors (Lipinski definition) is 1. The van der Waals surface area contributed by atoms with Gasteiger partial charge in [0, 0.05) is 6.08 Å². The van der Waals surface area contributed by atoms with Gasteiger partial charge in [-0.1, -0.05) is 12.1 Å². The smallest absolute Gasteiger partial charge is 0.349 e. The quantitative estimate of drug-likeness (QED) is 0.484. The Balaban J connectivity index is 2.29. The van der Waals surface area contributed by atoms with E-state index in [2.05, 4.69) is 5.32 Å².